The molecule has 0 unspecified atom stereocenters. The Labute approximate surface area is 189 Å². The Morgan fingerprint density at radius 2 is 1.84 bits per heavy atom. The normalized spacial score (nSPS) is 11.9. The van der Waals surface area contributed by atoms with Gasteiger partial charge in [0.05, 0.1) is 11.3 Å². The van der Waals surface area contributed by atoms with Crippen LogP contribution in [0.3, 0.4) is 0 Å². The van der Waals surface area contributed by atoms with E-state index in [1.165, 1.54) is 23.5 Å². The SMILES string of the molecule is Cc1nc(-c2ccc(C(F)(F)F)cc2)sc1CSc1ccc2oc(CC(=O)O)nc2c1C. The molecule has 4 rings (SSSR count). The van der Waals surface area contributed by atoms with Crippen molar-refractivity contribution in [1.29, 1.82) is 0 Å². The number of fused-ring (bicyclic) bond motifs is 1. The van der Waals surface area contributed by atoms with Crippen LogP contribution < -0.4 is 0 Å². The van der Waals surface area contributed by atoms with Crippen LogP contribution in [-0.4, -0.2) is 21.0 Å². The van der Waals surface area contributed by atoms with Crippen LogP contribution in [0, 0.1) is 13.8 Å². The van der Waals surface area contributed by atoms with Crippen molar-refractivity contribution in [1.82, 2.24) is 9.97 Å². The Balaban J connectivity index is 1.52. The van der Waals surface area contributed by atoms with E-state index >= 15 is 0 Å². The molecule has 5 nitrogen and oxygen atoms in total. The molecule has 0 atom stereocenters. The first kappa shape index (κ1) is 22.3. The molecule has 0 fully saturated rings. The van der Waals surface area contributed by atoms with Gasteiger partial charge in [0.25, 0.3) is 0 Å². The van der Waals surface area contributed by atoms with E-state index in [-0.39, 0.29) is 12.3 Å². The number of nitrogens with zero attached hydrogens (tertiary/aromatic N) is 2. The lowest BCUT2D eigenvalue weighted by molar-refractivity contribution is -0.138. The fourth-order valence-corrected chi connectivity index (χ4v) is 5.39. The fourth-order valence-electron chi connectivity index (χ4n) is 3.14. The van der Waals surface area contributed by atoms with Gasteiger partial charge in [-0.2, -0.15) is 13.2 Å². The number of alkyl halides is 3. The lowest BCUT2D eigenvalue weighted by Crippen LogP contribution is -2.03. The number of thioether (sulfide) groups is 1. The maximum atomic E-state index is 12.8. The molecular weight excluding hydrogens is 461 g/mol. The number of rotatable bonds is 6. The zero-order chi connectivity index (χ0) is 23.0. The molecule has 0 radical (unpaired) electrons. The highest BCUT2D eigenvalue weighted by Gasteiger charge is 2.30. The summed E-state index contributed by atoms with van der Waals surface area (Å²) >= 11 is 3.04. The minimum Gasteiger partial charge on any atom is -0.481 e. The molecule has 2 heterocycles. The van der Waals surface area contributed by atoms with E-state index < -0.39 is 17.7 Å². The number of oxazole rings is 1. The molecule has 0 amide bonds. The average Bonchev–Trinajstić information content (AvgIpc) is 3.30. The van der Waals surface area contributed by atoms with E-state index in [0.29, 0.717) is 27.4 Å². The van der Waals surface area contributed by atoms with E-state index in [1.54, 1.807) is 17.8 Å². The molecule has 2 aromatic carbocycles. The molecule has 32 heavy (non-hydrogen) atoms. The number of halogens is 3. The summed E-state index contributed by atoms with van der Waals surface area (Å²) in [5, 5.41) is 9.60. The molecule has 0 aliphatic carbocycles. The van der Waals surface area contributed by atoms with Crippen LogP contribution in [0.2, 0.25) is 0 Å². The summed E-state index contributed by atoms with van der Waals surface area (Å²) in [5.74, 6) is -0.207. The van der Waals surface area contributed by atoms with Gasteiger partial charge in [-0.05, 0) is 43.7 Å². The van der Waals surface area contributed by atoms with Crippen LogP contribution in [0.25, 0.3) is 21.7 Å². The molecule has 166 valence electrons. The minimum atomic E-state index is -4.36. The van der Waals surface area contributed by atoms with Gasteiger partial charge in [0, 0.05) is 21.1 Å². The highest BCUT2D eigenvalue weighted by atomic mass is 32.2. The smallest absolute Gasteiger partial charge is 0.416 e. The summed E-state index contributed by atoms with van der Waals surface area (Å²) in [5.41, 5.74) is 2.88. The second-order valence-electron chi connectivity index (χ2n) is 7.10. The molecule has 0 aliphatic rings. The number of carboxylic acids is 1. The van der Waals surface area contributed by atoms with Gasteiger partial charge in [0.2, 0.25) is 5.89 Å². The van der Waals surface area contributed by atoms with E-state index in [4.69, 9.17) is 9.52 Å². The number of benzene rings is 2. The molecule has 4 aromatic rings. The predicted octanol–water partition coefficient (Wildman–Crippen LogP) is 6.51. The second-order valence-corrected chi connectivity index (χ2v) is 9.21. The fraction of sp³-hybridized carbons (Fsp3) is 0.227. The van der Waals surface area contributed by atoms with Crippen LogP contribution in [0.5, 0.6) is 0 Å². The van der Waals surface area contributed by atoms with Crippen molar-refractivity contribution in [2.75, 3.05) is 0 Å². The Morgan fingerprint density at radius 1 is 1.12 bits per heavy atom. The summed E-state index contributed by atoms with van der Waals surface area (Å²) in [6.45, 7) is 3.79. The van der Waals surface area contributed by atoms with Gasteiger partial charge < -0.3 is 9.52 Å². The molecule has 2 aromatic heterocycles. The topological polar surface area (TPSA) is 76.2 Å². The van der Waals surface area contributed by atoms with Crippen LogP contribution in [-0.2, 0) is 23.1 Å². The summed E-state index contributed by atoms with van der Waals surface area (Å²) < 4.78 is 43.9. The van der Waals surface area contributed by atoms with Crippen LogP contribution in [0.1, 0.15) is 27.6 Å². The van der Waals surface area contributed by atoms with Gasteiger partial charge in [-0.3, -0.25) is 4.79 Å². The second kappa shape index (κ2) is 8.59. The number of hydrogen-bond acceptors (Lipinski definition) is 6. The maximum absolute atomic E-state index is 12.8. The number of thiazole rings is 1. The van der Waals surface area contributed by atoms with Gasteiger partial charge in [-0.25, -0.2) is 9.97 Å². The van der Waals surface area contributed by atoms with Crippen molar-refractivity contribution < 1.29 is 27.5 Å². The number of hydrogen-bond donors (Lipinski definition) is 1. The number of aromatic nitrogens is 2. The first-order valence-corrected chi connectivity index (χ1v) is 11.3. The van der Waals surface area contributed by atoms with Crippen molar-refractivity contribution in [2.45, 2.75) is 37.1 Å². The zero-order valence-electron chi connectivity index (χ0n) is 17.0. The third kappa shape index (κ3) is 4.66. The molecule has 0 saturated carbocycles. The molecule has 10 heteroatoms. The van der Waals surface area contributed by atoms with Crippen molar-refractivity contribution in [3.05, 3.63) is 64.0 Å². The van der Waals surface area contributed by atoms with Crippen molar-refractivity contribution in [3.8, 4) is 10.6 Å². The summed E-state index contributed by atoms with van der Waals surface area (Å²) in [6.07, 6.45) is -4.64. The summed E-state index contributed by atoms with van der Waals surface area (Å²) in [4.78, 5) is 21.7. The molecular formula is C22H17F3N2O3S2. The van der Waals surface area contributed by atoms with Crippen LogP contribution >= 0.6 is 23.1 Å². The standard InChI is InChI=1S/C22H17F3N2O3S2/c1-11-16(8-7-15-20(11)27-18(30-15)9-19(28)29)31-10-17-12(2)26-21(32-17)13-3-5-14(6-4-13)22(23,24)25/h3-8H,9-10H2,1-2H3,(H,28,29). The Kier molecular flexibility index (Phi) is 6.00. The van der Waals surface area contributed by atoms with E-state index in [2.05, 4.69) is 9.97 Å². The van der Waals surface area contributed by atoms with Crippen molar-refractivity contribution in [3.63, 3.8) is 0 Å². The van der Waals surface area contributed by atoms with Crippen molar-refractivity contribution in [2.24, 2.45) is 0 Å². The molecule has 0 bridgehead atoms. The molecule has 0 aliphatic heterocycles. The molecule has 0 spiro atoms. The Morgan fingerprint density at radius 3 is 2.50 bits per heavy atom. The van der Waals surface area contributed by atoms with Gasteiger partial charge in [0.15, 0.2) is 5.58 Å². The monoisotopic (exact) mass is 478 g/mol. The quantitative estimate of drug-likeness (QED) is 0.319. The van der Waals surface area contributed by atoms with Crippen LogP contribution in [0.4, 0.5) is 13.2 Å². The van der Waals surface area contributed by atoms with E-state index in [1.807, 2.05) is 19.9 Å². The first-order chi connectivity index (χ1) is 15.1. The maximum Gasteiger partial charge on any atom is 0.416 e. The number of carbonyl (C=O) groups is 1. The van der Waals surface area contributed by atoms with E-state index in [9.17, 15) is 18.0 Å². The first-order valence-electron chi connectivity index (χ1n) is 9.49. The Bertz CT molecular complexity index is 1290. The molecule has 0 saturated heterocycles. The third-order valence-electron chi connectivity index (χ3n) is 4.82. The number of aryl methyl sites for hydroxylation is 2. The largest absolute Gasteiger partial charge is 0.481 e. The highest BCUT2D eigenvalue weighted by molar-refractivity contribution is 7.98. The van der Waals surface area contributed by atoms with Gasteiger partial charge in [-0.1, -0.05) is 12.1 Å². The highest BCUT2D eigenvalue weighted by Crippen LogP contribution is 2.36. The van der Waals surface area contributed by atoms with Crippen LogP contribution in [0.15, 0.2) is 45.7 Å². The van der Waals surface area contributed by atoms with Gasteiger partial charge in [0.1, 0.15) is 16.9 Å². The van der Waals surface area contributed by atoms with Crippen molar-refractivity contribution >= 4 is 40.2 Å². The summed E-state index contributed by atoms with van der Waals surface area (Å²) in [7, 11) is 0. The predicted molar refractivity (Wildman–Crippen MR) is 117 cm³/mol. The summed E-state index contributed by atoms with van der Waals surface area (Å²) in [6, 6.07) is 8.69. The third-order valence-corrected chi connectivity index (χ3v) is 7.40. The van der Waals surface area contributed by atoms with E-state index in [0.717, 1.165) is 33.2 Å². The molecule has 1 N–H and O–H groups in total. The lowest BCUT2D eigenvalue weighted by atomic mass is 10.1. The average molecular weight is 479 g/mol. The Hall–Kier alpha value is -2.85. The number of carboxylic acid groups (broad SMARTS) is 1. The number of aliphatic carboxylic acids is 1. The lowest BCUT2D eigenvalue weighted by Gasteiger charge is -2.06. The zero-order valence-corrected chi connectivity index (χ0v) is 18.6. The van der Waals surface area contributed by atoms with Gasteiger partial charge in [-0.15, -0.1) is 23.1 Å². The van der Waals surface area contributed by atoms with Gasteiger partial charge >= 0.3 is 12.1 Å². The minimum absolute atomic E-state index is 0.164.